The highest BCUT2D eigenvalue weighted by Crippen LogP contribution is 2.26. The number of halogens is 1. The summed E-state index contributed by atoms with van der Waals surface area (Å²) in [6.45, 7) is 7.76. The Morgan fingerprint density at radius 1 is 0.647 bits per heavy atom. The fraction of sp³-hybridized carbons (Fsp3) is 0.308. The van der Waals surface area contributed by atoms with Gasteiger partial charge in [0.2, 0.25) is 0 Å². The van der Waals surface area contributed by atoms with Gasteiger partial charge in [-0.15, -0.1) is 12.4 Å². The van der Waals surface area contributed by atoms with Crippen LogP contribution in [0.1, 0.15) is 24.2 Å². The maximum absolute atomic E-state index is 5.90. The molecule has 7 N–H and O–H groups in total. The van der Waals surface area contributed by atoms with Crippen molar-refractivity contribution in [3.05, 3.63) is 59.9 Å². The molecule has 180 valence electrons. The second kappa shape index (κ2) is 11.7. The number of nitrogens with one attached hydrogen (secondary N) is 3. The molecule has 0 amide bonds. The number of nitrogen functional groups attached to an aromatic ring is 2. The summed E-state index contributed by atoms with van der Waals surface area (Å²) in [6, 6.07) is 16.0. The third kappa shape index (κ3) is 6.40. The van der Waals surface area contributed by atoms with Crippen LogP contribution in [0.2, 0.25) is 0 Å². The van der Waals surface area contributed by atoms with E-state index in [0.29, 0.717) is 0 Å². The summed E-state index contributed by atoms with van der Waals surface area (Å²) in [6.07, 6.45) is 2.09. The molecule has 34 heavy (non-hydrogen) atoms. The van der Waals surface area contributed by atoms with Crippen molar-refractivity contribution >= 4 is 57.0 Å². The molecule has 0 fully saturated rings. The summed E-state index contributed by atoms with van der Waals surface area (Å²) >= 11 is 0. The van der Waals surface area contributed by atoms with E-state index < -0.39 is 0 Å². The van der Waals surface area contributed by atoms with Crippen molar-refractivity contribution in [1.29, 1.82) is 0 Å². The molecule has 2 aromatic heterocycles. The van der Waals surface area contributed by atoms with Crippen molar-refractivity contribution in [3.8, 4) is 0 Å². The van der Waals surface area contributed by atoms with Crippen molar-refractivity contribution in [2.75, 3.05) is 48.3 Å². The van der Waals surface area contributed by atoms with Crippen LogP contribution in [0.4, 0.5) is 22.7 Å². The molecule has 0 unspecified atom stereocenters. The first-order valence-electron chi connectivity index (χ1n) is 11.5. The minimum Gasteiger partial charge on any atom is -0.399 e. The van der Waals surface area contributed by atoms with Gasteiger partial charge >= 0.3 is 0 Å². The normalized spacial score (nSPS) is 10.9. The number of fused-ring (bicyclic) bond motifs is 2. The minimum absolute atomic E-state index is 0. The Balaban J connectivity index is 0.00000324. The maximum atomic E-state index is 5.90. The van der Waals surface area contributed by atoms with Gasteiger partial charge < -0.3 is 27.4 Å². The monoisotopic (exact) mass is 479 g/mol. The molecule has 8 heteroatoms. The van der Waals surface area contributed by atoms with Gasteiger partial charge in [-0.05, 0) is 88.3 Å². The summed E-state index contributed by atoms with van der Waals surface area (Å²) < 4.78 is 0. The second-order valence-electron chi connectivity index (χ2n) is 8.49. The Labute approximate surface area is 207 Å². The van der Waals surface area contributed by atoms with E-state index in [1.807, 2.05) is 50.2 Å². The number of pyridine rings is 2. The van der Waals surface area contributed by atoms with Gasteiger partial charge in [0.25, 0.3) is 0 Å². The van der Waals surface area contributed by atoms with Crippen molar-refractivity contribution in [2.24, 2.45) is 0 Å². The Bertz CT molecular complexity index is 1150. The molecule has 4 aromatic rings. The average molecular weight is 480 g/mol. The van der Waals surface area contributed by atoms with Crippen molar-refractivity contribution in [2.45, 2.75) is 26.7 Å². The molecule has 0 saturated heterocycles. The number of aryl methyl sites for hydroxylation is 2. The molecular weight excluding hydrogens is 446 g/mol. The Morgan fingerprint density at radius 2 is 1.09 bits per heavy atom. The SMILES string of the molecule is Cc1cc(NCCCNCCCNc2cc(C)nc3cc(N)ccc23)c2ccc(N)cc2n1.Cl. The van der Waals surface area contributed by atoms with Crippen LogP contribution in [-0.4, -0.2) is 36.1 Å². The van der Waals surface area contributed by atoms with Gasteiger partial charge in [-0.1, -0.05) is 0 Å². The van der Waals surface area contributed by atoms with Crippen LogP contribution in [-0.2, 0) is 0 Å². The minimum atomic E-state index is 0. The first kappa shape index (κ1) is 25.3. The van der Waals surface area contributed by atoms with Gasteiger partial charge in [0.1, 0.15) is 0 Å². The molecule has 0 radical (unpaired) electrons. The van der Waals surface area contributed by atoms with E-state index in [0.717, 1.165) is 95.0 Å². The van der Waals surface area contributed by atoms with Gasteiger partial charge in [0.05, 0.1) is 11.0 Å². The predicted molar refractivity (Wildman–Crippen MR) is 148 cm³/mol. The van der Waals surface area contributed by atoms with Gasteiger partial charge in [-0.2, -0.15) is 0 Å². The number of anilines is 4. The number of nitrogens with zero attached hydrogens (tertiary/aromatic N) is 2. The smallest absolute Gasteiger partial charge is 0.0746 e. The average Bonchev–Trinajstić information content (AvgIpc) is 2.76. The Hall–Kier alpha value is -3.29. The summed E-state index contributed by atoms with van der Waals surface area (Å²) in [7, 11) is 0. The fourth-order valence-electron chi connectivity index (χ4n) is 4.05. The van der Waals surface area contributed by atoms with E-state index in [1.165, 1.54) is 0 Å². The van der Waals surface area contributed by atoms with E-state index >= 15 is 0 Å². The zero-order valence-electron chi connectivity index (χ0n) is 19.8. The molecule has 0 bridgehead atoms. The highest BCUT2D eigenvalue weighted by Gasteiger charge is 2.05. The van der Waals surface area contributed by atoms with Crippen LogP contribution in [0.15, 0.2) is 48.5 Å². The largest absolute Gasteiger partial charge is 0.399 e. The van der Waals surface area contributed by atoms with Crippen LogP contribution in [0.5, 0.6) is 0 Å². The van der Waals surface area contributed by atoms with Gasteiger partial charge in [-0.25, -0.2) is 0 Å². The zero-order valence-corrected chi connectivity index (χ0v) is 20.6. The molecule has 0 aliphatic rings. The standard InChI is InChI=1S/C26H33N7.ClH/c1-17-13-23(21-7-5-19(27)15-25(21)32-17)30-11-3-9-29-10-4-12-31-24-14-18(2)33-26-16-20(28)6-8-22(24)26;/h5-8,13-16,29H,3-4,9-12,27-28H2,1-2H3,(H,30,32)(H,31,33);1H. The molecule has 2 heterocycles. The van der Waals surface area contributed by atoms with Gasteiger partial charge in [-0.3, -0.25) is 9.97 Å². The lowest BCUT2D eigenvalue weighted by atomic mass is 10.1. The van der Waals surface area contributed by atoms with Crippen LogP contribution >= 0.6 is 12.4 Å². The number of nitrogens with two attached hydrogens (primary N) is 2. The van der Waals surface area contributed by atoms with Gasteiger partial charge in [0.15, 0.2) is 0 Å². The molecular formula is C26H34ClN7. The van der Waals surface area contributed by atoms with Crippen molar-refractivity contribution in [3.63, 3.8) is 0 Å². The zero-order chi connectivity index (χ0) is 23.2. The molecule has 4 rings (SSSR count). The predicted octanol–water partition coefficient (Wildman–Crippen LogP) is 4.88. The van der Waals surface area contributed by atoms with E-state index in [2.05, 4.69) is 38.1 Å². The quantitative estimate of drug-likeness (QED) is 0.163. The molecule has 0 aliphatic heterocycles. The number of rotatable bonds is 10. The van der Waals surface area contributed by atoms with Crippen LogP contribution < -0.4 is 27.4 Å². The highest BCUT2D eigenvalue weighted by atomic mass is 35.5. The highest BCUT2D eigenvalue weighted by molar-refractivity contribution is 5.94. The maximum Gasteiger partial charge on any atom is 0.0746 e. The van der Waals surface area contributed by atoms with Crippen LogP contribution in [0.25, 0.3) is 21.8 Å². The molecule has 0 aliphatic carbocycles. The summed E-state index contributed by atoms with van der Waals surface area (Å²) in [4.78, 5) is 9.17. The third-order valence-corrected chi connectivity index (χ3v) is 5.62. The molecule has 0 saturated carbocycles. The van der Waals surface area contributed by atoms with E-state index in [9.17, 15) is 0 Å². The number of hydrogen-bond acceptors (Lipinski definition) is 7. The topological polar surface area (TPSA) is 114 Å². The molecule has 0 spiro atoms. The Kier molecular flexibility index (Phi) is 8.73. The van der Waals surface area contributed by atoms with Crippen LogP contribution in [0, 0.1) is 13.8 Å². The molecule has 7 nitrogen and oxygen atoms in total. The third-order valence-electron chi connectivity index (χ3n) is 5.62. The van der Waals surface area contributed by atoms with Crippen molar-refractivity contribution < 1.29 is 0 Å². The van der Waals surface area contributed by atoms with Crippen molar-refractivity contribution in [1.82, 2.24) is 15.3 Å². The van der Waals surface area contributed by atoms with E-state index in [-0.39, 0.29) is 12.4 Å². The number of aromatic nitrogens is 2. The lowest BCUT2D eigenvalue weighted by Crippen LogP contribution is -2.21. The first-order valence-corrected chi connectivity index (χ1v) is 11.5. The summed E-state index contributed by atoms with van der Waals surface area (Å²) in [5, 5.41) is 12.8. The fourth-order valence-corrected chi connectivity index (χ4v) is 4.05. The van der Waals surface area contributed by atoms with E-state index in [1.54, 1.807) is 0 Å². The second-order valence-corrected chi connectivity index (χ2v) is 8.49. The lowest BCUT2D eigenvalue weighted by molar-refractivity contribution is 0.643. The Morgan fingerprint density at radius 3 is 1.53 bits per heavy atom. The summed E-state index contributed by atoms with van der Waals surface area (Å²) in [5.74, 6) is 0. The molecule has 2 aromatic carbocycles. The lowest BCUT2D eigenvalue weighted by Gasteiger charge is -2.12. The number of benzene rings is 2. The summed E-state index contributed by atoms with van der Waals surface area (Å²) in [5.41, 5.74) is 19.4. The molecule has 0 atom stereocenters. The number of hydrogen-bond donors (Lipinski definition) is 5. The van der Waals surface area contributed by atoms with Crippen LogP contribution in [0.3, 0.4) is 0 Å². The van der Waals surface area contributed by atoms with Gasteiger partial charge in [0, 0.05) is 58.0 Å². The first-order chi connectivity index (χ1) is 16.0. The van der Waals surface area contributed by atoms with E-state index in [4.69, 9.17) is 11.5 Å².